The molecule has 0 saturated heterocycles. The molecule has 2 aromatic carbocycles. The minimum absolute atomic E-state index is 0.282. The molecule has 1 amide bonds. The second-order valence-corrected chi connectivity index (χ2v) is 6.90. The van der Waals surface area contributed by atoms with Crippen molar-refractivity contribution in [3.8, 4) is 28.7 Å². The highest BCUT2D eigenvalue weighted by atomic mass is 16.6. The summed E-state index contributed by atoms with van der Waals surface area (Å²) in [5.41, 5.74) is 2.71. The number of fused-ring (bicyclic) bond motifs is 1. The zero-order valence-electron chi connectivity index (χ0n) is 18.8. The van der Waals surface area contributed by atoms with Crippen LogP contribution in [0.1, 0.15) is 29.7 Å². The summed E-state index contributed by atoms with van der Waals surface area (Å²) < 4.78 is 33.0. The quantitative estimate of drug-likeness (QED) is 0.659. The van der Waals surface area contributed by atoms with Crippen LogP contribution in [0.3, 0.4) is 0 Å². The lowest BCUT2D eigenvalue weighted by atomic mass is 9.87. The Morgan fingerprint density at radius 1 is 0.806 bits per heavy atom. The van der Waals surface area contributed by atoms with E-state index in [1.54, 1.807) is 53.4 Å². The molecule has 8 nitrogen and oxygen atoms in total. The SMILES string of the molecule is CCOC(=O)N1CCc2cc(OC)c(OC)cc2C1c1cc(OC)c(OC)cc1OC. The molecule has 1 atom stereocenters. The largest absolute Gasteiger partial charge is 0.496 e. The fourth-order valence-electron chi connectivity index (χ4n) is 3.95. The molecule has 31 heavy (non-hydrogen) atoms. The lowest BCUT2D eigenvalue weighted by Gasteiger charge is -2.38. The zero-order chi connectivity index (χ0) is 22.5. The van der Waals surface area contributed by atoms with Crippen molar-refractivity contribution in [2.75, 3.05) is 48.7 Å². The number of methoxy groups -OCH3 is 5. The average Bonchev–Trinajstić information content (AvgIpc) is 2.81. The average molecular weight is 431 g/mol. The monoisotopic (exact) mass is 431 g/mol. The van der Waals surface area contributed by atoms with Gasteiger partial charge in [0.15, 0.2) is 23.0 Å². The third-order valence-electron chi connectivity index (χ3n) is 5.41. The van der Waals surface area contributed by atoms with Crippen molar-refractivity contribution in [2.45, 2.75) is 19.4 Å². The van der Waals surface area contributed by atoms with Crippen LogP contribution in [-0.2, 0) is 11.2 Å². The minimum atomic E-state index is -0.475. The maximum Gasteiger partial charge on any atom is 0.410 e. The standard InChI is InChI=1S/C23H29NO7/c1-7-31-23(25)24-9-8-14-10-18(27-3)19(28-4)11-15(14)22(24)16-12-20(29-5)21(30-6)13-17(16)26-2/h10-13,22H,7-9H2,1-6H3. The van der Waals surface area contributed by atoms with Gasteiger partial charge in [-0.2, -0.15) is 0 Å². The van der Waals surface area contributed by atoms with Crippen LogP contribution in [0.15, 0.2) is 24.3 Å². The zero-order valence-corrected chi connectivity index (χ0v) is 18.8. The van der Waals surface area contributed by atoms with Crippen LogP contribution >= 0.6 is 0 Å². The Hall–Kier alpha value is -3.29. The van der Waals surface area contributed by atoms with Crippen molar-refractivity contribution < 1.29 is 33.2 Å². The topological polar surface area (TPSA) is 75.7 Å². The number of benzene rings is 2. The summed E-state index contributed by atoms with van der Waals surface area (Å²) in [5.74, 6) is 2.86. The number of ether oxygens (including phenoxy) is 6. The van der Waals surface area contributed by atoms with Crippen molar-refractivity contribution in [2.24, 2.45) is 0 Å². The predicted octanol–water partition coefficient (Wildman–Crippen LogP) is 3.83. The molecule has 0 saturated carbocycles. The van der Waals surface area contributed by atoms with E-state index in [1.165, 1.54) is 0 Å². The molecular formula is C23H29NO7. The normalized spacial score (nSPS) is 15.0. The molecule has 1 heterocycles. The smallest absolute Gasteiger partial charge is 0.410 e. The Labute approximate surface area is 182 Å². The molecule has 168 valence electrons. The van der Waals surface area contributed by atoms with Crippen LogP contribution in [0.25, 0.3) is 0 Å². The minimum Gasteiger partial charge on any atom is -0.496 e. The van der Waals surface area contributed by atoms with Gasteiger partial charge in [0.25, 0.3) is 0 Å². The first kappa shape index (κ1) is 22.4. The van der Waals surface area contributed by atoms with E-state index in [0.29, 0.717) is 41.7 Å². The number of carbonyl (C=O) groups excluding carboxylic acids is 1. The van der Waals surface area contributed by atoms with Gasteiger partial charge in [-0.1, -0.05) is 0 Å². The fourth-order valence-corrected chi connectivity index (χ4v) is 3.95. The lowest BCUT2D eigenvalue weighted by molar-refractivity contribution is 0.0931. The molecule has 2 aromatic rings. The Kier molecular flexibility index (Phi) is 6.99. The van der Waals surface area contributed by atoms with Gasteiger partial charge in [-0.3, -0.25) is 4.90 Å². The maximum atomic E-state index is 12.9. The number of hydrogen-bond donors (Lipinski definition) is 0. The highest BCUT2D eigenvalue weighted by Gasteiger charge is 2.36. The number of carbonyl (C=O) groups is 1. The number of nitrogens with zero attached hydrogens (tertiary/aromatic N) is 1. The second kappa shape index (κ2) is 9.68. The maximum absolute atomic E-state index is 12.9. The lowest BCUT2D eigenvalue weighted by Crippen LogP contribution is -2.41. The van der Waals surface area contributed by atoms with Crippen LogP contribution in [-0.4, -0.2) is 59.7 Å². The van der Waals surface area contributed by atoms with Crippen molar-refractivity contribution in [3.05, 3.63) is 41.0 Å². The summed E-state index contributed by atoms with van der Waals surface area (Å²) in [5, 5.41) is 0. The first-order valence-electron chi connectivity index (χ1n) is 10.0. The van der Waals surface area contributed by atoms with Crippen LogP contribution in [0.4, 0.5) is 4.79 Å². The molecule has 3 rings (SSSR count). The van der Waals surface area contributed by atoms with E-state index in [2.05, 4.69) is 0 Å². The molecule has 0 fully saturated rings. The van der Waals surface area contributed by atoms with Gasteiger partial charge >= 0.3 is 6.09 Å². The van der Waals surface area contributed by atoms with Gasteiger partial charge in [-0.25, -0.2) is 4.79 Å². The molecule has 0 spiro atoms. The molecule has 0 aliphatic carbocycles. The summed E-state index contributed by atoms with van der Waals surface area (Å²) in [6.07, 6.45) is 0.255. The van der Waals surface area contributed by atoms with E-state index >= 15 is 0 Å². The van der Waals surface area contributed by atoms with E-state index in [4.69, 9.17) is 28.4 Å². The number of amides is 1. The molecule has 1 unspecified atom stereocenters. The molecule has 0 aromatic heterocycles. The second-order valence-electron chi connectivity index (χ2n) is 6.90. The third-order valence-corrected chi connectivity index (χ3v) is 5.41. The van der Waals surface area contributed by atoms with Crippen molar-refractivity contribution >= 4 is 6.09 Å². The van der Waals surface area contributed by atoms with Crippen LogP contribution in [0, 0.1) is 0 Å². The van der Waals surface area contributed by atoms with Gasteiger partial charge < -0.3 is 28.4 Å². The number of rotatable bonds is 7. The predicted molar refractivity (Wildman–Crippen MR) is 115 cm³/mol. The van der Waals surface area contributed by atoms with Crippen LogP contribution in [0.5, 0.6) is 28.7 Å². The Morgan fingerprint density at radius 2 is 1.32 bits per heavy atom. The highest BCUT2D eigenvalue weighted by Crippen LogP contribution is 2.46. The molecule has 8 heteroatoms. The molecule has 0 bridgehead atoms. The van der Waals surface area contributed by atoms with E-state index in [9.17, 15) is 4.79 Å². The van der Waals surface area contributed by atoms with Gasteiger partial charge in [-0.05, 0) is 42.7 Å². The molecule has 1 aliphatic heterocycles. The fraction of sp³-hybridized carbons (Fsp3) is 0.435. The Balaban J connectivity index is 2.26. The highest BCUT2D eigenvalue weighted by molar-refractivity contribution is 5.71. The first-order chi connectivity index (χ1) is 15.0. The van der Waals surface area contributed by atoms with E-state index < -0.39 is 12.1 Å². The van der Waals surface area contributed by atoms with Crippen molar-refractivity contribution in [3.63, 3.8) is 0 Å². The summed E-state index contributed by atoms with van der Waals surface area (Å²) in [7, 11) is 7.90. The molecular weight excluding hydrogens is 402 g/mol. The number of hydrogen-bond acceptors (Lipinski definition) is 7. The Morgan fingerprint density at radius 3 is 1.87 bits per heavy atom. The third kappa shape index (κ3) is 4.15. The Bertz CT molecular complexity index is 944. The van der Waals surface area contributed by atoms with Crippen molar-refractivity contribution in [1.29, 1.82) is 0 Å². The summed E-state index contributed by atoms with van der Waals surface area (Å²) >= 11 is 0. The van der Waals surface area contributed by atoms with Crippen LogP contribution < -0.4 is 23.7 Å². The van der Waals surface area contributed by atoms with Gasteiger partial charge in [0.2, 0.25) is 0 Å². The first-order valence-corrected chi connectivity index (χ1v) is 10.0. The van der Waals surface area contributed by atoms with Crippen LogP contribution in [0.2, 0.25) is 0 Å². The van der Waals surface area contributed by atoms with Gasteiger partial charge in [0.05, 0.1) is 48.2 Å². The van der Waals surface area contributed by atoms with Crippen molar-refractivity contribution in [1.82, 2.24) is 4.90 Å². The van der Waals surface area contributed by atoms with Gasteiger partial charge in [-0.15, -0.1) is 0 Å². The van der Waals surface area contributed by atoms with Gasteiger partial charge in [0.1, 0.15) is 5.75 Å². The molecule has 0 N–H and O–H groups in total. The van der Waals surface area contributed by atoms with E-state index in [0.717, 1.165) is 16.7 Å². The molecule has 0 radical (unpaired) electrons. The summed E-state index contributed by atoms with van der Waals surface area (Å²) in [4.78, 5) is 14.6. The summed E-state index contributed by atoms with van der Waals surface area (Å²) in [6, 6.07) is 6.97. The van der Waals surface area contributed by atoms with E-state index in [1.807, 2.05) is 18.2 Å². The summed E-state index contributed by atoms with van der Waals surface area (Å²) in [6.45, 7) is 2.54. The van der Waals surface area contributed by atoms with E-state index in [-0.39, 0.29) is 6.61 Å². The molecule has 1 aliphatic rings. The van der Waals surface area contributed by atoms with Gasteiger partial charge in [0, 0.05) is 18.2 Å².